The van der Waals surface area contributed by atoms with Gasteiger partial charge in [-0.25, -0.2) is 9.97 Å². The van der Waals surface area contributed by atoms with E-state index in [0.717, 1.165) is 16.8 Å². The lowest BCUT2D eigenvalue weighted by atomic mass is 10.1. The molecule has 0 aliphatic carbocycles. The largest absolute Gasteiger partial charge is 0.273 e. The fraction of sp³-hybridized carbons (Fsp3) is 0. The number of hydrogen-bond donors (Lipinski definition) is 1. The van der Waals surface area contributed by atoms with Crippen LogP contribution in [0.15, 0.2) is 35.1 Å². The zero-order chi connectivity index (χ0) is 11.8. The number of aromatic amines is 1. The minimum Gasteiger partial charge on any atom is -0.273 e. The molecule has 2 aromatic heterocycles. The second-order valence-electron chi connectivity index (χ2n) is 3.47. The highest BCUT2D eigenvalue weighted by Gasteiger charge is 2.10. The summed E-state index contributed by atoms with van der Waals surface area (Å²) in [5.41, 5.74) is 3.15. The molecule has 2 heterocycles. The number of nitrogens with zero attached hydrogens (tertiary/aromatic N) is 3. The van der Waals surface area contributed by atoms with Crippen molar-refractivity contribution in [3.63, 3.8) is 0 Å². The van der Waals surface area contributed by atoms with Gasteiger partial charge in [0.15, 0.2) is 5.65 Å². The molecule has 0 aliphatic heterocycles. The molecule has 0 spiro atoms. The van der Waals surface area contributed by atoms with Crippen LogP contribution < -0.4 is 0 Å². The summed E-state index contributed by atoms with van der Waals surface area (Å²) in [7, 11) is 0. The van der Waals surface area contributed by atoms with Crippen LogP contribution in [0.1, 0.15) is 0 Å². The molecule has 0 saturated heterocycles. The van der Waals surface area contributed by atoms with Crippen molar-refractivity contribution in [2.24, 2.45) is 0 Å². The van der Waals surface area contributed by atoms with Gasteiger partial charge < -0.3 is 0 Å². The summed E-state index contributed by atoms with van der Waals surface area (Å²) in [6.07, 6.45) is 1.62. The van der Waals surface area contributed by atoms with Crippen LogP contribution in [0.25, 0.3) is 22.4 Å². The number of rotatable bonds is 1. The summed E-state index contributed by atoms with van der Waals surface area (Å²) in [5.74, 6) is 0. The van der Waals surface area contributed by atoms with Crippen LogP contribution in [0.3, 0.4) is 0 Å². The molecule has 0 atom stereocenters. The highest BCUT2D eigenvalue weighted by Crippen LogP contribution is 2.25. The maximum atomic E-state index is 5.86. The molecular weight excluding hydrogens is 304 g/mol. The molecule has 0 amide bonds. The summed E-state index contributed by atoms with van der Waals surface area (Å²) in [4.78, 5) is 8.53. The second-order valence-corrected chi connectivity index (χ2v) is 4.72. The van der Waals surface area contributed by atoms with Crippen molar-refractivity contribution < 1.29 is 0 Å². The highest BCUT2D eigenvalue weighted by molar-refractivity contribution is 9.10. The highest BCUT2D eigenvalue weighted by atomic mass is 79.9. The van der Waals surface area contributed by atoms with E-state index in [1.54, 1.807) is 6.20 Å². The molecule has 6 heteroatoms. The molecule has 0 fully saturated rings. The zero-order valence-electron chi connectivity index (χ0n) is 8.48. The standard InChI is InChI=1S/C11H6BrClN4/c12-8-5-14-11-10(15-8)9(16-17-11)6-1-3-7(13)4-2-6/h1-5H,(H,14,16,17). The summed E-state index contributed by atoms with van der Waals surface area (Å²) in [6, 6.07) is 7.49. The predicted octanol–water partition coefficient (Wildman–Crippen LogP) is 3.44. The number of aromatic nitrogens is 4. The van der Waals surface area contributed by atoms with E-state index >= 15 is 0 Å². The molecule has 3 aromatic rings. The minimum absolute atomic E-state index is 0.596. The molecule has 84 valence electrons. The summed E-state index contributed by atoms with van der Waals surface area (Å²) in [6.45, 7) is 0. The lowest BCUT2D eigenvalue weighted by Crippen LogP contribution is -1.83. The van der Waals surface area contributed by atoms with E-state index in [4.69, 9.17) is 11.6 Å². The third kappa shape index (κ3) is 1.92. The first-order valence-electron chi connectivity index (χ1n) is 4.86. The molecule has 0 bridgehead atoms. The van der Waals surface area contributed by atoms with Crippen molar-refractivity contribution in [3.8, 4) is 11.3 Å². The van der Waals surface area contributed by atoms with E-state index in [-0.39, 0.29) is 0 Å². The van der Waals surface area contributed by atoms with Crippen LogP contribution in [0.2, 0.25) is 5.02 Å². The van der Waals surface area contributed by atoms with Gasteiger partial charge in [0.25, 0.3) is 0 Å². The minimum atomic E-state index is 0.596. The molecule has 17 heavy (non-hydrogen) atoms. The average molecular weight is 310 g/mol. The van der Waals surface area contributed by atoms with E-state index in [1.165, 1.54) is 0 Å². The molecular formula is C11H6BrClN4. The first-order valence-corrected chi connectivity index (χ1v) is 6.04. The van der Waals surface area contributed by atoms with Gasteiger partial charge >= 0.3 is 0 Å². The van der Waals surface area contributed by atoms with E-state index in [0.29, 0.717) is 15.3 Å². The monoisotopic (exact) mass is 308 g/mol. The molecule has 0 aliphatic rings. The van der Waals surface area contributed by atoms with Gasteiger partial charge in [-0.2, -0.15) is 5.10 Å². The molecule has 0 saturated carbocycles. The average Bonchev–Trinajstić information content (AvgIpc) is 2.73. The van der Waals surface area contributed by atoms with Crippen LogP contribution in [0.4, 0.5) is 0 Å². The molecule has 1 N–H and O–H groups in total. The Morgan fingerprint density at radius 1 is 1.18 bits per heavy atom. The Morgan fingerprint density at radius 2 is 1.94 bits per heavy atom. The number of hydrogen-bond acceptors (Lipinski definition) is 3. The summed E-state index contributed by atoms with van der Waals surface area (Å²) < 4.78 is 0.682. The van der Waals surface area contributed by atoms with Crippen molar-refractivity contribution in [1.29, 1.82) is 0 Å². The van der Waals surface area contributed by atoms with Crippen molar-refractivity contribution in [3.05, 3.63) is 40.1 Å². The first-order chi connectivity index (χ1) is 8.24. The number of nitrogens with one attached hydrogen (secondary N) is 1. The fourth-order valence-corrected chi connectivity index (χ4v) is 2.00. The van der Waals surface area contributed by atoms with Crippen molar-refractivity contribution in [1.82, 2.24) is 20.2 Å². The van der Waals surface area contributed by atoms with Crippen molar-refractivity contribution >= 4 is 38.7 Å². The van der Waals surface area contributed by atoms with Gasteiger partial charge in [-0.1, -0.05) is 23.7 Å². The lowest BCUT2D eigenvalue weighted by Gasteiger charge is -1.98. The van der Waals surface area contributed by atoms with Gasteiger partial charge in [0, 0.05) is 10.6 Å². The van der Waals surface area contributed by atoms with Gasteiger partial charge in [-0.15, -0.1) is 0 Å². The molecule has 4 nitrogen and oxygen atoms in total. The molecule has 0 unspecified atom stereocenters. The van der Waals surface area contributed by atoms with Gasteiger partial charge in [-0.3, -0.25) is 5.10 Å². The zero-order valence-corrected chi connectivity index (χ0v) is 10.8. The number of halogens is 2. The van der Waals surface area contributed by atoms with Gasteiger partial charge in [0.2, 0.25) is 0 Å². The molecule has 3 rings (SSSR count). The Morgan fingerprint density at radius 3 is 2.71 bits per heavy atom. The van der Waals surface area contributed by atoms with Crippen LogP contribution in [0.5, 0.6) is 0 Å². The van der Waals surface area contributed by atoms with E-state index in [9.17, 15) is 0 Å². The van der Waals surface area contributed by atoms with Crippen LogP contribution in [-0.2, 0) is 0 Å². The number of benzene rings is 1. The molecule has 1 aromatic carbocycles. The second kappa shape index (κ2) is 4.09. The van der Waals surface area contributed by atoms with Gasteiger partial charge in [0.05, 0.1) is 11.9 Å². The van der Waals surface area contributed by atoms with Crippen LogP contribution >= 0.6 is 27.5 Å². The van der Waals surface area contributed by atoms with Crippen LogP contribution in [-0.4, -0.2) is 20.2 Å². The molecule has 0 radical (unpaired) electrons. The summed E-state index contributed by atoms with van der Waals surface area (Å²) >= 11 is 9.15. The summed E-state index contributed by atoms with van der Waals surface area (Å²) in [5, 5.41) is 7.74. The topological polar surface area (TPSA) is 54.5 Å². The Hall–Kier alpha value is -1.46. The van der Waals surface area contributed by atoms with E-state index in [1.807, 2.05) is 24.3 Å². The maximum Gasteiger partial charge on any atom is 0.200 e. The van der Waals surface area contributed by atoms with Crippen molar-refractivity contribution in [2.75, 3.05) is 0 Å². The Balaban J connectivity index is 2.23. The number of fused-ring (bicyclic) bond motifs is 1. The number of H-pyrrole nitrogens is 1. The van der Waals surface area contributed by atoms with E-state index in [2.05, 4.69) is 36.1 Å². The SMILES string of the molecule is Clc1ccc(-c2[nH]nc3ncc(Br)nc23)cc1. The Bertz CT molecular complexity index is 678. The Kier molecular flexibility index (Phi) is 2.57. The maximum absolute atomic E-state index is 5.86. The lowest BCUT2D eigenvalue weighted by molar-refractivity contribution is 1.10. The first kappa shape index (κ1) is 10.7. The van der Waals surface area contributed by atoms with Crippen LogP contribution in [0, 0.1) is 0 Å². The third-order valence-electron chi connectivity index (χ3n) is 2.37. The third-order valence-corrected chi connectivity index (χ3v) is 3.00. The quantitative estimate of drug-likeness (QED) is 0.749. The Labute approximate surface area is 110 Å². The van der Waals surface area contributed by atoms with E-state index < -0.39 is 0 Å². The van der Waals surface area contributed by atoms with Crippen molar-refractivity contribution in [2.45, 2.75) is 0 Å². The van der Waals surface area contributed by atoms with Gasteiger partial charge in [0.1, 0.15) is 10.1 Å². The smallest absolute Gasteiger partial charge is 0.200 e. The fourth-order valence-electron chi connectivity index (χ4n) is 1.59. The van der Waals surface area contributed by atoms with Gasteiger partial charge in [-0.05, 0) is 28.1 Å². The normalized spacial score (nSPS) is 10.9. The predicted molar refractivity (Wildman–Crippen MR) is 69.8 cm³/mol.